The molecule has 1 unspecified atom stereocenters. The Kier molecular flexibility index (Phi) is 4.48. The maximum Gasteiger partial charge on any atom is 0.418 e. The summed E-state index contributed by atoms with van der Waals surface area (Å²) in [7, 11) is 0. The summed E-state index contributed by atoms with van der Waals surface area (Å²) >= 11 is 1.80. The van der Waals surface area contributed by atoms with E-state index >= 15 is 0 Å². The second-order valence-electron chi connectivity index (χ2n) is 4.69. The van der Waals surface area contributed by atoms with Crippen molar-refractivity contribution in [3.05, 3.63) is 29.3 Å². The third kappa shape index (κ3) is 3.21. The Morgan fingerprint density at radius 2 is 2.20 bits per heavy atom. The highest BCUT2D eigenvalue weighted by atomic mass is 32.2. The minimum Gasteiger partial charge on any atom is -0.369 e. The van der Waals surface area contributed by atoms with E-state index in [9.17, 15) is 13.2 Å². The van der Waals surface area contributed by atoms with Crippen LogP contribution in [0, 0.1) is 11.3 Å². The molecule has 1 aromatic carbocycles. The van der Waals surface area contributed by atoms with Gasteiger partial charge in [-0.25, -0.2) is 0 Å². The number of hydrogen-bond donors (Lipinski definition) is 0. The van der Waals surface area contributed by atoms with Gasteiger partial charge in [0.1, 0.15) is 0 Å². The maximum absolute atomic E-state index is 13.1. The molecule has 0 aliphatic carbocycles. The van der Waals surface area contributed by atoms with E-state index in [0.29, 0.717) is 18.3 Å². The Hall–Kier alpha value is -1.35. The van der Waals surface area contributed by atoms with Gasteiger partial charge in [-0.05, 0) is 24.6 Å². The van der Waals surface area contributed by atoms with Gasteiger partial charge < -0.3 is 4.90 Å². The lowest BCUT2D eigenvalue weighted by molar-refractivity contribution is -0.137. The fraction of sp³-hybridized carbons (Fsp3) is 0.500. The van der Waals surface area contributed by atoms with Crippen LogP contribution in [-0.2, 0) is 6.18 Å². The SMILES string of the molecule is CCC1CN(c2cc(C#N)ccc2C(F)(F)F)CCS1. The molecular weight excluding hydrogens is 285 g/mol. The minimum absolute atomic E-state index is 0.135. The van der Waals surface area contributed by atoms with E-state index in [1.165, 1.54) is 12.1 Å². The first-order valence-electron chi connectivity index (χ1n) is 6.43. The molecule has 0 radical (unpaired) electrons. The standard InChI is InChI=1S/C14H15F3N2S/c1-2-11-9-19(5-6-20-11)13-7-10(8-18)3-4-12(13)14(15,16)17/h3-4,7,11H,2,5-6,9H2,1H3. The van der Waals surface area contributed by atoms with Gasteiger partial charge in [0.15, 0.2) is 0 Å². The molecule has 1 heterocycles. The first-order valence-corrected chi connectivity index (χ1v) is 7.48. The summed E-state index contributed by atoms with van der Waals surface area (Å²) in [4.78, 5) is 1.76. The van der Waals surface area contributed by atoms with Crippen LogP contribution in [0.25, 0.3) is 0 Å². The molecule has 1 aliphatic heterocycles. The number of rotatable bonds is 2. The molecule has 20 heavy (non-hydrogen) atoms. The largest absolute Gasteiger partial charge is 0.418 e. The summed E-state index contributed by atoms with van der Waals surface area (Å²) < 4.78 is 39.3. The molecule has 1 atom stereocenters. The van der Waals surface area contributed by atoms with Gasteiger partial charge in [0.25, 0.3) is 0 Å². The van der Waals surface area contributed by atoms with Crippen LogP contribution in [0.5, 0.6) is 0 Å². The topological polar surface area (TPSA) is 27.0 Å². The molecule has 2 rings (SSSR count). The van der Waals surface area contributed by atoms with Crippen molar-refractivity contribution in [1.82, 2.24) is 0 Å². The molecule has 2 nitrogen and oxygen atoms in total. The summed E-state index contributed by atoms with van der Waals surface area (Å²) in [5.74, 6) is 0.812. The molecule has 6 heteroatoms. The fourth-order valence-electron chi connectivity index (χ4n) is 2.29. The Morgan fingerprint density at radius 3 is 2.80 bits per heavy atom. The Labute approximate surface area is 120 Å². The summed E-state index contributed by atoms with van der Waals surface area (Å²) in [6.07, 6.45) is -3.46. The summed E-state index contributed by atoms with van der Waals surface area (Å²) in [6, 6.07) is 5.50. The van der Waals surface area contributed by atoms with Gasteiger partial charge in [-0.3, -0.25) is 0 Å². The lowest BCUT2D eigenvalue weighted by Gasteiger charge is -2.35. The van der Waals surface area contributed by atoms with Crippen molar-refractivity contribution in [3.63, 3.8) is 0 Å². The number of nitriles is 1. The molecule has 1 aromatic rings. The molecule has 108 valence electrons. The van der Waals surface area contributed by atoms with Crippen LogP contribution in [0.4, 0.5) is 18.9 Å². The smallest absolute Gasteiger partial charge is 0.369 e. The predicted molar refractivity (Wildman–Crippen MR) is 74.9 cm³/mol. The Balaban J connectivity index is 2.40. The fourth-order valence-corrected chi connectivity index (χ4v) is 3.47. The predicted octanol–water partition coefficient (Wildman–Crippen LogP) is 3.91. The van der Waals surface area contributed by atoms with Crippen LogP contribution >= 0.6 is 11.8 Å². The van der Waals surface area contributed by atoms with Gasteiger partial charge in [0.2, 0.25) is 0 Å². The molecule has 0 saturated carbocycles. The number of nitrogens with zero attached hydrogens (tertiary/aromatic N) is 2. The van der Waals surface area contributed by atoms with Gasteiger partial charge in [-0.2, -0.15) is 30.2 Å². The molecule has 1 fully saturated rings. The normalized spacial score (nSPS) is 19.8. The van der Waals surface area contributed by atoms with E-state index in [1.54, 1.807) is 16.7 Å². The van der Waals surface area contributed by atoms with Crippen LogP contribution in [0.2, 0.25) is 0 Å². The first-order chi connectivity index (χ1) is 9.45. The molecule has 1 aliphatic rings. The lowest BCUT2D eigenvalue weighted by atomic mass is 10.1. The third-order valence-corrected chi connectivity index (χ3v) is 4.74. The average molecular weight is 300 g/mol. The highest BCUT2D eigenvalue weighted by Gasteiger charge is 2.35. The molecule has 1 saturated heterocycles. The average Bonchev–Trinajstić information content (AvgIpc) is 2.45. The molecule has 0 bridgehead atoms. The second kappa shape index (κ2) is 5.96. The van der Waals surface area contributed by atoms with Crippen LogP contribution in [-0.4, -0.2) is 24.1 Å². The van der Waals surface area contributed by atoms with Crippen LogP contribution in [0.1, 0.15) is 24.5 Å². The number of thioether (sulfide) groups is 1. The monoisotopic (exact) mass is 300 g/mol. The molecular formula is C14H15F3N2S. The third-order valence-electron chi connectivity index (χ3n) is 3.37. The highest BCUT2D eigenvalue weighted by Crippen LogP contribution is 2.38. The minimum atomic E-state index is -4.39. The first kappa shape index (κ1) is 15.0. The van der Waals surface area contributed by atoms with Crippen LogP contribution in [0.3, 0.4) is 0 Å². The van der Waals surface area contributed by atoms with Gasteiger partial charge in [-0.1, -0.05) is 6.92 Å². The zero-order valence-electron chi connectivity index (χ0n) is 11.1. The quantitative estimate of drug-likeness (QED) is 0.828. The van der Waals surface area contributed by atoms with Gasteiger partial charge in [-0.15, -0.1) is 0 Å². The zero-order chi connectivity index (χ0) is 14.8. The van der Waals surface area contributed by atoms with Gasteiger partial charge >= 0.3 is 6.18 Å². The Bertz CT molecular complexity index is 522. The van der Waals surface area contributed by atoms with E-state index < -0.39 is 11.7 Å². The number of benzene rings is 1. The van der Waals surface area contributed by atoms with E-state index in [0.717, 1.165) is 18.2 Å². The van der Waals surface area contributed by atoms with E-state index in [1.807, 2.05) is 13.0 Å². The summed E-state index contributed by atoms with van der Waals surface area (Å²) in [6.45, 7) is 3.22. The van der Waals surface area contributed by atoms with Crippen molar-refractivity contribution in [2.45, 2.75) is 24.8 Å². The van der Waals surface area contributed by atoms with E-state index in [-0.39, 0.29) is 11.3 Å². The van der Waals surface area contributed by atoms with Crippen molar-refractivity contribution in [2.75, 3.05) is 23.7 Å². The van der Waals surface area contributed by atoms with Gasteiger partial charge in [0.05, 0.1) is 22.9 Å². The maximum atomic E-state index is 13.1. The van der Waals surface area contributed by atoms with Gasteiger partial charge in [0, 0.05) is 24.1 Å². The molecule has 0 amide bonds. The van der Waals surface area contributed by atoms with E-state index in [4.69, 9.17) is 5.26 Å². The number of halogens is 3. The van der Waals surface area contributed by atoms with Crippen molar-refractivity contribution >= 4 is 17.4 Å². The lowest BCUT2D eigenvalue weighted by Crippen LogP contribution is -2.38. The summed E-state index contributed by atoms with van der Waals surface area (Å²) in [5.41, 5.74) is -0.257. The van der Waals surface area contributed by atoms with Crippen LogP contribution < -0.4 is 4.90 Å². The molecule has 0 spiro atoms. The zero-order valence-corrected chi connectivity index (χ0v) is 11.9. The summed E-state index contributed by atoms with van der Waals surface area (Å²) in [5, 5.41) is 9.24. The second-order valence-corrected chi connectivity index (χ2v) is 6.10. The highest BCUT2D eigenvalue weighted by molar-refractivity contribution is 8.00. The molecule has 0 aromatic heterocycles. The van der Waals surface area contributed by atoms with Crippen LogP contribution in [0.15, 0.2) is 18.2 Å². The van der Waals surface area contributed by atoms with Crippen molar-refractivity contribution in [3.8, 4) is 6.07 Å². The molecule has 0 N–H and O–H groups in total. The van der Waals surface area contributed by atoms with Crippen molar-refractivity contribution < 1.29 is 13.2 Å². The van der Waals surface area contributed by atoms with Crippen molar-refractivity contribution in [2.24, 2.45) is 0 Å². The number of hydrogen-bond acceptors (Lipinski definition) is 3. The van der Waals surface area contributed by atoms with E-state index in [2.05, 4.69) is 0 Å². The Morgan fingerprint density at radius 1 is 1.45 bits per heavy atom. The van der Waals surface area contributed by atoms with Crippen molar-refractivity contribution in [1.29, 1.82) is 5.26 Å². The number of anilines is 1. The number of alkyl halides is 3.